The van der Waals surface area contributed by atoms with Crippen LogP contribution < -0.4 is 4.74 Å². The van der Waals surface area contributed by atoms with Crippen molar-refractivity contribution in [2.45, 2.75) is 6.92 Å². The fourth-order valence-electron chi connectivity index (χ4n) is 2.07. The number of rotatable bonds is 4. The first-order chi connectivity index (χ1) is 11.0. The van der Waals surface area contributed by atoms with Crippen LogP contribution >= 0.6 is 15.9 Å². The van der Waals surface area contributed by atoms with Gasteiger partial charge in [-0.1, -0.05) is 6.58 Å². The van der Waals surface area contributed by atoms with Crippen molar-refractivity contribution in [1.29, 1.82) is 0 Å². The van der Waals surface area contributed by atoms with Crippen molar-refractivity contribution < 1.29 is 9.13 Å². The summed E-state index contributed by atoms with van der Waals surface area (Å²) in [5.74, 6) is 0.916. The van der Waals surface area contributed by atoms with Crippen molar-refractivity contribution in [2.75, 3.05) is 0 Å². The number of ether oxygens (including phenoxy) is 1. The van der Waals surface area contributed by atoms with Gasteiger partial charge in [0.05, 0.1) is 10.2 Å². The third kappa shape index (κ3) is 3.51. The normalized spacial score (nSPS) is 10.6. The number of halogens is 2. The quantitative estimate of drug-likeness (QED) is 0.584. The fraction of sp³-hybridized carbons (Fsp3) is 0.0556. The molecule has 1 heterocycles. The number of allylic oxidation sites excluding steroid dienone is 1. The molecule has 0 radical (unpaired) electrons. The Morgan fingerprint density at radius 2 is 1.91 bits per heavy atom. The van der Waals surface area contributed by atoms with Crippen LogP contribution in [0, 0.1) is 5.82 Å². The topological polar surface area (TPSA) is 27.1 Å². The van der Waals surface area contributed by atoms with Crippen molar-refractivity contribution in [2.24, 2.45) is 0 Å². The van der Waals surface area contributed by atoms with Crippen LogP contribution in [0.3, 0.4) is 0 Å². The van der Waals surface area contributed by atoms with Gasteiger partial charge in [-0.3, -0.25) is 0 Å². The van der Waals surface area contributed by atoms with Gasteiger partial charge in [0, 0.05) is 17.5 Å². The van der Waals surface area contributed by atoms with E-state index in [1.54, 1.807) is 10.7 Å². The Hall–Kier alpha value is -2.40. The van der Waals surface area contributed by atoms with E-state index in [9.17, 15) is 4.39 Å². The molecule has 0 N–H and O–H groups in total. The van der Waals surface area contributed by atoms with E-state index in [4.69, 9.17) is 4.74 Å². The summed E-state index contributed by atoms with van der Waals surface area (Å²) in [6.45, 7) is 5.75. The highest BCUT2D eigenvalue weighted by Crippen LogP contribution is 2.31. The van der Waals surface area contributed by atoms with Crippen LogP contribution in [0.25, 0.3) is 17.0 Å². The number of aromatic nitrogens is 2. The summed E-state index contributed by atoms with van der Waals surface area (Å²) in [5.41, 5.74) is 2.70. The van der Waals surface area contributed by atoms with Crippen LogP contribution in [0.1, 0.15) is 6.92 Å². The maximum atomic E-state index is 13.1. The van der Waals surface area contributed by atoms with Gasteiger partial charge in [0.2, 0.25) is 0 Å². The molecule has 0 fully saturated rings. The Kier molecular flexibility index (Phi) is 4.30. The van der Waals surface area contributed by atoms with Gasteiger partial charge < -0.3 is 4.74 Å². The second kappa shape index (κ2) is 6.38. The van der Waals surface area contributed by atoms with E-state index >= 15 is 0 Å². The molecule has 3 nitrogen and oxygen atoms in total. The molecule has 3 rings (SSSR count). The molecule has 0 unspecified atom stereocenters. The molecule has 0 saturated heterocycles. The van der Waals surface area contributed by atoms with Crippen molar-refractivity contribution in [3.63, 3.8) is 0 Å². The maximum absolute atomic E-state index is 13.1. The molecule has 0 saturated carbocycles. The lowest BCUT2D eigenvalue weighted by atomic mass is 10.1. The maximum Gasteiger partial charge on any atom is 0.141 e. The van der Waals surface area contributed by atoms with Crippen LogP contribution in [-0.2, 0) is 0 Å². The summed E-state index contributed by atoms with van der Waals surface area (Å²) < 4.78 is 21.1. The van der Waals surface area contributed by atoms with Crippen LogP contribution in [0.2, 0.25) is 0 Å². The first-order valence-corrected chi connectivity index (χ1v) is 7.77. The molecule has 5 heteroatoms. The van der Waals surface area contributed by atoms with E-state index in [0.29, 0.717) is 16.0 Å². The smallest absolute Gasteiger partial charge is 0.141 e. The highest BCUT2D eigenvalue weighted by atomic mass is 79.9. The van der Waals surface area contributed by atoms with Gasteiger partial charge in [-0.2, -0.15) is 5.10 Å². The summed E-state index contributed by atoms with van der Waals surface area (Å²) in [5, 5.41) is 4.44. The molecule has 1 aromatic heterocycles. The lowest BCUT2D eigenvalue weighted by Gasteiger charge is -2.08. The molecule has 0 bridgehead atoms. The zero-order chi connectivity index (χ0) is 16.4. The lowest BCUT2D eigenvalue weighted by molar-refractivity contribution is 0.477. The molecule has 116 valence electrons. The van der Waals surface area contributed by atoms with Gasteiger partial charge >= 0.3 is 0 Å². The van der Waals surface area contributed by atoms with Crippen LogP contribution in [0.15, 0.2) is 65.8 Å². The van der Waals surface area contributed by atoms with Crippen molar-refractivity contribution in [1.82, 2.24) is 9.78 Å². The monoisotopic (exact) mass is 371 g/mol. The van der Waals surface area contributed by atoms with E-state index in [1.807, 2.05) is 43.5 Å². The average Bonchev–Trinajstić information content (AvgIpc) is 3.01. The highest BCUT2D eigenvalue weighted by Gasteiger charge is 2.06. The number of benzene rings is 2. The molecule has 0 spiro atoms. The van der Waals surface area contributed by atoms with Crippen molar-refractivity contribution in [3.05, 3.63) is 71.6 Å². The summed E-state index contributed by atoms with van der Waals surface area (Å²) in [4.78, 5) is 0. The van der Waals surface area contributed by atoms with E-state index in [2.05, 4.69) is 27.6 Å². The molecular weight excluding hydrogens is 358 g/mol. The third-order valence-corrected chi connectivity index (χ3v) is 3.87. The van der Waals surface area contributed by atoms with Gasteiger partial charge in [0.25, 0.3) is 0 Å². The molecule has 0 amide bonds. The van der Waals surface area contributed by atoms with Crippen molar-refractivity contribution in [3.8, 4) is 22.8 Å². The summed E-state index contributed by atoms with van der Waals surface area (Å²) in [6, 6.07) is 13.8. The lowest BCUT2D eigenvalue weighted by Crippen LogP contribution is -1.92. The van der Waals surface area contributed by atoms with Gasteiger partial charge in [0.1, 0.15) is 17.3 Å². The number of nitrogens with zero attached hydrogens (tertiary/aromatic N) is 2. The first kappa shape index (κ1) is 15.5. The molecular formula is C18H14BrFN2O. The van der Waals surface area contributed by atoms with E-state index in [-0.39, 0.29) is 5.82 Å². The summed E-state index contributed by atoms with van der Waals surface area (Å²) in [6.07, 6.45) is 1.87. The van der Waals surface area contributed by atoms with Crippen LogP contribution in [0.4, 0.5) is 4.39 Å². The average molecular weight is 372 g/mol. The largest absolute Gasteiger partial charge is 0.456 e. The summed E-state index contributed by atoms with van der Waals surface area (Å²) in [7, 11) is 0. The molecule has 3 aromatic rings. The Morgan fingerprint density at radius 3 is 2.52 bits per heavy atom. The molecule has 0 aliphatic carbocycles. The van der Waals surface area contributed by atoms with Gasteiger partial charge in [-0.05, 0) is 71.4 Å². The minimum atomic E-state index is -0.312. The third-order valence-electron chi connectivity index (χ3n) is 3.25. The zero-order valence-corrected chi connectivity index (χ0v) is 14.0. The minimum absolute atomic E-state index is 0.312. The number of hydrogen-bond donors (Lipinski definition) is 0. The van der Waals surface area contributed by atoms with Crippen LogP contribution in [0.5, 0.6) is 11.5 Å². The Balaban J connectivity index is 1.80. The zero-order valence-electron chi connectivity index (χ0n) is 12.5. The number of hydrogen-bond acceptors (Lipinski definition) is 2. The second-order valence-electron chi connectivity index (χ2n) is 5.08. The van der Waals surface area contributed by atoms with Crippen LogP contribution in [-0.4, -0.2) is 9.78 Å². The van der Waals surface area contributed by atoms with E-state index in [1.165, 1.54) is 12.1 Å². The van der Waals surface area contributed by atoms with Gasteiger partial charge in [0.15, 0.2) is 0 Å². The van der Waals surface area contributed by atoms with Crippen molar-refractivity contribution >= 4 is 21.6 Å². The van der Waals surface area contributed by atoms with E-state index < -0.39 is 0 Å². The Labute approximate surface area is 142 Å². The van der Waals surface area contributed by atoms with Gasteiger partial charge in [-0.25, -0.2) is 9.07 Å². The van der Waals surface area contributed by atoms with Gasteiger partial charge in [-0.15, -0.1) is 0 Å². The fourth-order valence-corrected chi connectivity index (χ4v) is 2.50. The first-order valence-electron chi connectivity index (χ1n) is 6.98. The molecule has 23 heavy (non-hydrogen) atoms. The Bertz CT molecular complexity index is 856. The molecule has 0 atom stereocenters. The Morgan fingerprint density at radius 1 is 1.17 bits per heavy atom. The predicted octanol–water partition coefficient (Wildman–Crippen LogP) is 5.73. The second-order valence-corrected chi connectivity index (χ2v) is 5.94. The van der Waals surface area contributed by atoms with E-state index in [0.717, 1.165) is 17.0 Å². The molecule has 0 aliphatic rings. The predicted molar refractivity (Wildman–Crippen MR) is 92.8 cm³/mol. The highest BCUT2D eigenvalue weighted by molar-refractivity contribution is 9.10. The molecule has 2 aromatic carbocycles. The molecule has 0 aliphatic heterocycles. The summed E-state index contributed by atoms with van der Waals surface area (Å²) >= 11 is 3.29. The minimum Gasteiger partial charge on any atom is -0.456 e. The standard InChI is InChI=1S/C18H14BrFN2O/c1-12(2)22-10-9-17(21-22)13-3-6-15(7-4-13)23-18-8-5-14(20)11-16(18)19/h3-11H,1H2,2H3/i20-1. The SMILES string of the molecule is C=C(C)n1ccc(-c2ccc(Oc3ccc([18F])cc3Br)cc2)n1.